The lowest BCUT2D eigenvalue weighted by Crippen LogP contribution is -2.20. The molecule has 96 valence electrons. The van der Waals surface area contributed by atoms with E-state index in [0.717, 1.165) is 24.3 Å². The van der Waals surface area contributed by atoms with Crippen LogP contribution in [0.25, 0.3) is 0 Å². The Balaban J connectivity index is 1.77. The van der Waals surface area contributed by atoms with Crippen LogP contribution in [0.2, 0.25) is 0 Å². The first-order chi connectivity index (χ1) is 8.79. The van der Waals surface area contributed by atoms with Crippen LogP contribution >= 0.6 is 0 Å². The molecule has 1 atom stereocenters. The van der Waals surface area contributed by atoms with E-state index in [2.05, 4.69) is 24.4 Å². The molecule has 0 bridgehead atoms. The number of furan rings is 1. The van der Waals surface area contributed by atoms with E-state index in [-0.39, 0.29) is 12.6 Å². The quantitative estimate of drug-likeness (QED) is 0.822. The summed E-state index contributed by atoms with van der Waals surface area (Å²) in [5, 5.41) is 12.4. The highest BCUT2D eigenvalue weighted by atomic mass is 16.3. The predicted octanol–water partition coefficient (Wildman–Crippen LogP) is 2.67. The zero-order chi connectivity index (χ0) is 12.8. The van der Waals surface area contributed by atoms with Gasteiger partial charge in [-0.3, -0.25) is 0 Å². The van der Waals surface area contributed by atoms with Gasteiger partial charge in [-0.25, -0.2) is 0 Å². The van der Waals surface area contributed by atoms with Crippen molar-refractivity contribution < 1.29 is 9.52 Å². The number of aliphatic hydroxyl groups excluding tert-OH is 1. The van der Waals surface area contributed by atoms with Gasteiger partial charge in [0.15, 0.2) is 0 Å². The molecule has 0 aliphatic rings. The van der Waals surface area contributed by atoms with Gasteiger partial charge in [0, 0.05) is 0 Å². The number of hydrogen-bond donors (Lipinski definition) is 2. The average molecular weight is 245 g/mol. The van der Waals surface area contributed by atoms with Crippen molar-refractivity contribution in [1.29, 1.82) is 0 Å². The second-order valence-corrected chi connectivity index (χ2v) is 4.42. The van der Waals surface area contributed by atoms with Gasteiger partial charge in [0.25, 0.3) is 0 Å². The third-order valence-corrected chi connectivity index (χ3v) is 3.04. The van der Waals surface area contributed by atoms with E-state index in [1.165, 1.54) is 5.56 Å². The molecule has 1 heterocycles. The molecule has 0 amide bonds. The van der Waals surface area contributed by atoms with Crippen molar-refractivity contribution in [1.82, 2.24) is 5.32 Å². The third kappa shape index (κ3) is 3.45. The third-order valence-electron chi connectivity index (χ3n) is 3.04. The molecule has 3 nitrogen and oxygen atoms in total. The van der Waals surface area contributed by atoms with Crippen LogP contribution in [0.5, 0.6) is 0 Å². The van der Waals surface area contributed by atoms with Gasteiger partial charge in [-0.1, -0.05) is 24.3 Å². The Morgan fingerprint density at radius 1 is 1.17 bits per heavy atom. The molecular weight excluding hydrogens is 226 g/mol. The van der Waals surface area contributed by atoms with Crippen LogP contribution in [0, 0.1) is 0 Å². The first kappa shape index (κ1) is 12.9. The minimum absolute atomic E-state index is 0.105. The Hall–Kier alpha value is -1.58. The van der Waals surface area contributed by atoms with Gasteiger partial charge in [0.05, 0.1) is 18.9 Å². The van der Waals surface area contributed by atoms with E-state index < -0.39 is 0 Å². The topological polar surface area (TPSA) is 45.4 Å². The second kappa shape index (κ2) is 6.38. The minimum Gasteiger partial charge on any atom is -0.468 e. The van der Waals surface area contributed by atoms with Gasteiger partial charge in [0.2, 0.25) is 0 Å². The minimum atomic E-state index is 0.105. The molecule has 2 N–H and O–H groups in total. The van der Waals surface area contributed by atoms with Crippen molar-refractivity contribution >= 4 is 0 Å². The predicted molar refractivity (Wildman–Crippen MR) is 71.2 cm³/mol. The van der Waals surface area contributed by atoms with Crippen LogP contribution in [0.15, 0.2) is 47.1 Å². The maximum absolute atomic E-state index is 8.96. The van der Waals surface area contributed by atoms with Gasteiger partial charge < -0.3 is 14.8 Å². The molecule has 2 rings (SSSR count). The van der Waals surface area contributed by atoms with E-state index in [0.29, 0.717) is 0 Å². The fraction of sp³-hybridized carbons (Fsp3) is 0.333. The van der Waals surface area contributed by atoms with E-state index >= 15 is 0 Å². The van der Waals surface area contributed by atoms with Gasteiger partial charge in [0.1, 0.15) is 5.76 Å². The first-order valence-electron chi connectivity index (χ1n) is 6.25. The molecule has 0 spiro atoms. The molecule has 0 radical (unpaired) electrons. The van der Waals surface area contributed by atoms with Crippen molar-refractivity contribution in [3.05, 3.63) is 59.5 Å². The Morgan fingerprint density at radius 3 is 2.50 bits per heavy atom. The lowest BCUT2D eigenvalue weighted by molar-refractivity contribution is 0.282. The summed E-state index contributed by atoms with van der Waals surface area (Å²) in [5.74, 6) is 0.964. The summed E-state index contributed by atoms with van der Waals surface area (Å²) in [7, 11) is 0. The highest BCUT2D eigenvalue weighted by molar-refractivity contribution is 5.22. The van der Waals surface area contributed by atoms with Gasteiger partial charge in [-0.15, -0.1) is 0 Å². The van der Waals surface area contributed by atoms with E-state index in [4.69, 9.17) is 9.52 Å². The Morgan fingerprint density at radius 2 is 1.89 bits per heavy atom. The van der Waals surface area contributed by atoms with Crippen molar-refractivity contribution in [2.45, 2.75) is 26.0 Å². The standard InChI is InChI=1S/C15H19NO2/c1-12(15-3-2-10-18-15)16-9-8-13-4-6-14(11-17)7-5-13/h2-7,10,12,16-17H,8-9,11H2,1H3. The van der Waals surface area contributed by atoms with Crippen LogP contribution in [0.3, 0.4) is 0 Å². The van der Waals surface area contributed by atoms with Crippen LogP contribution < -0.4 is 5.32 Å². The van der Waals surface area contributed by atoms with Crippen molar-refractivity contribution in [3.8, 4) is 0 Å². The van der Waals surface area contributed by atoms with E-state index in [1.54, 1.807) is 6.26 Å². The molecular formula is C15H19NO2. The summed E-state index contributed by atoms with van der Waals surface area (Å²) in [6.07, 6.45) is 2.66. The maximum Gasteiger partial charge on any atom is 0.120 e. The molecule has 0 aliphatic carbocycles. The van der Waals surface area contributed by atoms with E-state index in [9.17, 15) is 0 Å². The maximum atomic E-state index is 8.96. The first-order valence-corrected chi connectivity index (χ1v) is 6.25. The zero-order valence-electron chi connectivity index (χ0n) is 10.6. The summed E-state index contributed by atoms with van der Waals surface area (Å²) in [5.41, 5.74) is 2.22. The van der Waals surface area contributed by atoms with Crippen LogP contribution in [0.1, 0.15) is 29.9 Å². The van der Waals surface area contributed by atoms with Crippen LogP contribution in [-0.2, 0) is 13.0 Å². The zero-order valence-corrected chi connectivity index (χ0v) is 10.6. The molecule has 1 aromatic heterocycles. The number of nitrogens with one attached hydrogen (secondary N) is 1. The highest BCUT2D eigenvalue weighted by Crippen LogP contribution is 2.12. The highest BCUT2D eigenvalue weighted by Gasteiger charge is 2.06. The monoisotopic (exact) mass is 245 g/mol. The van der Waals surface area contributed by atoms with Crippen molar-refractivity contribution in [3.63, 3.8) is 0 Å². The number of aliphatic hydroxyl groups is 1. The molecule has 0 fully saturated rings. The Bertz CT molecular complexity index is 448. The summed E-state index contributed by atoms with van der Waals surface area (Å²) in [4.78, 5) is 0. The molecule has 18 heavy (non-hydrogen) atoms. The molecule has 0 saturated heterocycles. The second-order valence-electron chi connectivity index (χ2n) is 4.42. The van der Waals surface area contributed by atoms with Crippen molar-refractivity contribution in [2.75, 3.05) is 6.54 Å². The number of hydrogen-bond acceptors (Lipinski definition) is 3. The average Bonchev–Trinajstić information content (AvgIpc) is 2.93. The fourth-order valence-corrected chi connectivity index (χ4v) is 1.88. The molecule has 0 aliphatic heterocycles. The van der Waals surface area contributed by atoms with Gasteiger partial charge in [-0.05, 0) is 43.1 Å². The molecule has 1 unspecified atom stereocenters. The lowest BCUT2D eigenvalue weighted by Gasteiger charge is -2.11. The SMILES string of the molecule is CC(NCCc1ccc(CO)cc1)c1ccco1. The van der Waals surface area contributed by atoms with Crippen molar-refractivity contribution in [2.24, 2.45) is 0 Å². The summed E-state index contributed by atoms with van der Waals surface area (Å²) in [6, 6.07) is 12.2. The number of rotatable bonds is 6. The summed E-state index contributed by atoms with van der Waals surface area (Å²) >= 11 is 0. The Kier molecular flexibility index (Phi) is 4.56. The molecule has 2 aromatic rings. The Labute approximate surface area is 107 Å². The van der Waals surface area contributed by atoms with E-state index in [1.807, 2.05) is 24.3 Å². The summed E-state index contributed by atoms with van der Waals surface area (Å²) in [6.45, 7) is 3.10. The lowest BCUT2D eigenvalue weighted by atomic mass is 10.1. The van der Waals surface area contributed by atoms with Crippen LogP contribution in [-0.4, -0.2) is 11.7 Å². The molecule has 1 aromatic carbocycles. The normalized spacial score (nSPS) is 12.6. The largest absolute Gasteiger partial charge is 0.468 e. The fourth-order valence-electron chi connectivity index (χ4n) is 1.88. The van der Waals surface area contributed by atoms with Gasteiger partial charge >= 0.3 is 0 Å². The van der Waals surface area contributed by atoms with Gasteiger partial charge in [-0.2, -0.15) is 0 Å². The molecule has 0 saturated carbocycles. The van der Waals surface area contributed by atoms with Crippen LogP contribution in [0.4, 0.5) is 0 Å². The summed E-state index contributed by atoms with van der Waals surface area (Å²) < 4.78 is 5.34. The molecule has 3 heteroatoms. The smallest absolute Gasteiger partial charge is 0.120 e. The number of benzene rings is 1.